The summed E-state index contributed by atoms with van der Waals surface area (Å²) in [5.41, 5.74) is -0.220. The van der Waals surface area contributed by atoms with E-state index in [2.05, 4.69) is 15.6 Å². The van der Waals surface area contributed by atoms with Gasteiger partial charge >= 0.3 is 6.18 Å². The molecule has 10 heteroatoms. The first-order valence-corrected chi connectivity index (χ1v) is 10.0. The molecule has 7 nitrogen and oxygen atoms in total. The molecule has 4 aromatic rings. The normalized spacial score (nSPS) is 11.3. The minimum atomic E-state index is -4.55. The molecule has 1 heterocycles. The van der Waals surface area contributed by atoms with E-state index in [0.717, 1.165) is 18.3 Å². The van der Waals surface area contributed by atoms with Gasteiger partial charge in [-0.05, 0) is 42.5 Å². The summed E-state index contributed by atoms with van der Waals surface area (Å²) < 4.78 is 40.1. The maximum absolute atomic E-state index is 13.0. The van der Waals surface area contributed by atoms with E-state index in [0.29, 0.717) is 11.0 Å². The predicted molar refractivity (Wildman–Crippen MR) is 120 cm³/mol. The molecule has 172 valence electrons. The van der Waals surface area contributed by atoms with Crippen LogP contribution in [0.5, 0.6) is 0 Å². The SMILES string of the molecule is O=C(Cn1c(=O)cnc2ccccc21)Nc1ccccc1C(=O)Nc1cccc(C(F)(F)F)c1. The van der Waals surface area contributed by atoms with E-state index in [-0.39, 0.29) is 23.5 Å². The molecule has 0 atom stereocenters. The van der Waals surface area contributed by atoms with Crippen LogP contribution in [-0.2, 0) is 17.5 Å². The standard InChI is InChI=1S/C24H17F3N4O3/c25-24(26,27)15-6-5-7-16(12-15)29-23(34)17-8-1-2-9-18(17)30-21(32)14-31-20-11-4-3-10-19(20)28-13-22(31)33/h1-13H,14H2,(H,29,34)(H,30,32). The minimum Gasteiger partial charge on any atom is -0.324 e. The Morgan fingerprint density at radius 2 is 1.65 bits per heavy atom. The van der Waals surface area contributed by atoms with Crippen molar-refractivity contribution in [1.29, 1.82) is 0 Å². The Balaban J connectivity index is 1.54. The first-order chi connectivity index (χ1) is 16.2. The van der Waals surface area contributed by atoms with Crippen LogP contribution in [0.15, 0.2) is 83.8 Å². The Morgan fingerprint density at radius 3 is 2.44 bits per heavy atom. The average Bonchev–Trinajstić information content (AvgIpc) is 2.81. The third-order valence-electron chi connectivity index (χ3n) is 4.95. The number of nitrogens with one attached hydrogen (secondary N) is 2. The van der Waals surface area contributed by atoms with Crippen molar-refractivity contribution in [2.24, 2.45) is 0 Å². The number of alkyl halides is 3. The fourth-order valence-corrected chi connectivity index (χ4v) is 3.37. The molecular formula is C24H17F3N4O3. The van der Waals surface area contributed by atoms with Crippen molar-refractivity contribution < 1.29 is 22.8 Å². The molecule has 0 radical (unpaired) electrons. The van der Waals surface area contributed by atoms with Crippen LogP contribution < -0.4 is 16.2 Å². The van der Waals surface area contributed by atoms with Crippen LogP contribution in [0.25, 0.3) is 11.0 Å². The molecule has 0 bridgehead atoms. The van der Waals surface area contributed by atoms with E-state index < -0.39 is 29.1 Å². The summed E-state index contributed by atoms with van der Waals surface area (Å²) in [6.07, 6.45) is -3.44. The molecule has 2 N–H and O–H groups in total. The van der Waals surface area contributed by atoms with Gasteiger partial charge in [-0.3, -0.25) is 19.0 Å². The Morgan fingerprint density at radius 1 is 0.912 bits per heavy atom. The third-order valence-corrected chi connectivity index (χ3v) is 4.95. The zero-order valence-electron chi connectivity index (χ0n) is 17.5. The maximum atomic E-state index is 13.0. The number of rotatable bonds is 5. The number of fused-ring (bicyclic) bond motifs is 1. The third kappa shape index (κ3) is 4.96. The molecule has 0 aliphatic rings. The van der Waals surface area contributed by atoms with Crippen LogP contribution in [0.4, 0.5) is 24.5 Å². The number of carbonyl (C=O) groups is 2. The van der Waals surface area contributed by atoms with Crippen LogP contribution in [0.2, 0.25) is 0 Å². The van der Waals surface area contributed by atoms with Crippen LogP contribution in [0.1, 0.15) is 15.9 Å². The molecule has 0 aliphatic carbocycles. The Bertz CT molecular complexity index is 1450. The topological polar surface area (TPSA) is 93.1 Å². The first kappa shape index (κ1) is 22.7. The molecule has 0 saturated carbocycles. The number of anilines is 2. The average molecular weight is 466 g/mol. The second-order valence-electron chi connectivity index (χ2n) is 7.30. The molecule has 34 heavy (non-hydrogen) atoms. The molecule has 0 fully saturated rings. The van der Waals surface area contributed by atoms with Gasteiger partial charge in [-0.2, -0.15) is 13.2 Å². The van der Waals surface area contributed by atoms with E-state index in [1.165, 1.54) is 28.8 Å². The van der Waals surface area contributed by atoms with E-state index >= 15 is 0 Å². The van der Waals surface area contributed by atoms with Gasteiger partial charge in [0.15, 0.2) is 0 Å². The molecule has 3 aromatic carbocycles. The van der Waals surface area contributed by atoms with Gasteiger partial charge in [0, 0.05) is 5.69 Å². The lowest BCUT2D eigenvalue weighted by Crippen LogP contribution is -2.28. The summed E-state index contributed by atoms with van der Waals surface area (Å²) in [4.78, 5) is 41.8. The summed E-state index contributed by atoms with van der Waals surface area (Å²) in [6, 6.07) is 17.1. The van der Waals surface area contributed by atoms with E-state index in [4.69, 9.17) is 0 Å². The minimum absolute atomic E-state index is 0.0418. The Labute approximate surface area is 190 Å². The van der Waals surface area contributed by atoms with Gasteiger partial charge in [0.1, 0.15) is 6.54 Å². The maximum Gasteiger partial charge on any atom is 0.416 e. The van der Waals surface area contributed by atoms with Crippen molar-refractivity contribution in [2.45, 2.75) is 12.7 Å². The fourth-order valence-electron chi connectivity index (χ4n) is 3.37. The van der Waals surface area contributed by atoms with Gasteiger partial charge < -0.3 is 10.6 Å². The summed E-state index contributed by atoms with van der Waals surface area (Å²) in [5, 5.41) is 5.01. The summed E-state index contributed by atoms with van der Waals surface area (Å²) in [7, 11) is 0. The van der Waals surface area contributed by atoms with Gasteiger partial charge in [-0.1, -0.05) is 30.3 Å². The van der Waals surface area contributed by atoms with Gasteiger partial charge in [0.25, 0.3) is 11.5 Å². The summed E-state index contributed by atoms with van der Waals surface area (Å²) >= 11 is 0. The lowest BCUT2D eigenvalue weighted by molar-refractivity contribution is -0.137. The number of para-hydroxylation sites is 3. The lowest BCUT2D eigenvalue weighted by atomic mass is 10.1. The molecule has 1 aromatic heterocycles. The Hall–Kier alpha value is -4.47. The highest BCUT2D eigenvalue weighted by molar-refractivity contribution is 6.10. The summed E-state index contributed by atoms with van der Waals surface area (Å²) in [6.45, 7) is -0.328. The number of nitrogens with zero attached hydrogens (tertiary/aromatic N) is 2. The number of aromatic nitrogens is 2. The molecule has 0 aliphatic heterocycles. The fraction of sp³-hybridized carbons (Fsp3) is 0.0833. The number of hydrogen-bond acceptors (Lipinski definition) is 4. The highest BCUT2D eigenvalue weighted by Crippen LogP contribution is 2.31. The Kier molecular flexibility index (Phi) is 6.13. The quantitative estimate of drug-likeness (QED) is 0.459. The molecule has 2 amide bonds. The van der Waals surface area contributed by atoms with Gasteiger partial charge in [0.05, 0.1) is 34.0 Å². The van der Waals surface area contributed by atoms with E-state index in [9.17, 15) is 27.6 Å². The van der Waals surface area contributed by atoms with E-state index in [1.807, 2.05) is 0 Å². The van der Waals surface area contributed by atoms with Crippen molar-refractivity contribution >= 4 is 34.2 Å². The smallest absolute Gasteiger partial charge is 0.324 e. The van der Waals surface area contributed by atoms with Crippen LogP contribution in [0, 0.1) is 0 Å². The van der Waals surface area contributed by atoms with Crippen molar-refractivity contribution in [3.8, 4) is 0 Å². The monoisotopic (exact) mass is 466 g/mol. The molecule has 0 unspecified atom stereocenters. The number of amides is 2. The number of carbonyl (C=O) groups excluding carboxylic acids is 2. The zero-order valence-corrected chi connectivity index (χ0v) is 17.5. The van der Waals surface area contributed by atoms with Gasteiger partial charge in [-0.25, -0.2) is 4.98 Å². The summed E-state index contributed by atoms with van der Waals surface area (Å²) in [5.74, 6) is -1.28. The van der Waals surface area contributed by atoms with Crippen molar-refractivity contribution in [3.63, 3.8) is 0 Å². The highest BCUT2D eigenvalue weighted by atomic mass is 19.4. The van der Waals surface area contributed by atoms with Gasteiger partial charge in [0.2, 0.25) is 5.91 Å². The highest BCUT2D eigenvalue weighted by Gasteiger charge is 2.30. The van der Waals surface area contributed by atoms with Crippen LogP contribution in [0.3, 0.4) is 0 Å². The molecule has 0 saturated heterocycles. The van der Waals surface area contributed by atoms with Crippen molar-refractivity contribution in [3.05, 3.63) is 100 Å². The molecular weight excluding hydrogens is 449 g/mol. The largest absolute Gasteiger partial charge is 0.416 e. The lowest BCUT2D eigenvalue weighted by Gasteiger charge is -2.14. The van der Waals surface area contributed by atoms with Crippen LogP contribution in [-0.4, -0.2) is 21.4 Å². The van der Waals surface area contributed by atoms with Gasteiger partial charge in [-0.15, -0.1) is 0 Å². The van der Waals surface area contributed by atoms with E-state index in [1.54, 1.807) is 36.4 Å². The first-order valence-electron chi connectivity index (χ1n) is 10.0. The van der Waals surface area contributed by atoms with Crippen molar-refractivity contribution in [1.82, 2.24) is 9.55 Å². The number of hydrogen-bond donors (Lipinski definition) is 2. The second-order valence-corrected chi connectivity index (χ2v) is 7.30. The number of benzene rings is 3. The van der Waals surface area contributed by atoms with Crippen LogP contribution >= 0.6 is 0 Å². The zero-order chi connectivity index (χ0) is 24.3. The molecule has 4 rings (SSSR count). The second kappa shape index (κ2) is 9.18. The number of halogens is 3. The van der Waals surface area contributed by atoms with Crippen molar-refractivity contribution in [2.75, 3.05) is 10.6 Å². The molecule has 0 spiro atoms. The predicted octanol–water partition coefficient (Wildman–Crippen LogP) is 4.31.